The maximum Gasteiger partial charge on any atom is 0.183 e. The molecule has 1 heterocycles. The van der Waals surface area contributed by atoms with Gasteiger partial charge in [0, 0.05) is 24.2 Å². The molecule has 2 aromatic rings. The molecular formula is C12H15N3S. The molecule has 4 heteroatoms. The number of hydrogen-bond acceptors (Lipinski definition) is 4. The molecule has 0 amide bonds. The molecule has 0 radical (unpaired) electrons. The summed E-state index contributed by atoms with van der Waals surface area (Å²) in [5, 5.41) is 4.23. The normalized spacial score (nSPS) is 10.4. The van der Waals surface area contributed by atoms with Crippen molar-refractivity contribution >= 4 is 16.5 Å². The van der Waals surface area contributed by atoms with Gasteiger partial charge < -0.3 is 11.1 Å². The second-order valence-electron chi connectivity index (χ2n) is 3.68. The van der Waals surface area contributed by atoms with Crippen LogP contribution in [0.1, 0.15) is 16.0 Å². The van der Waals surface area contributed by atoms with Gasteiger partial charge in [0.2, 0.25) is 0 Å². The highest BCUT2D eigenvalue weighted by atomic mass is 32.1. The molecule has 0 bridgehead atoms. The maximum atomic E-state index is 5.53. The van der Waals surface area contributed by atoms with Gasteiger partial charge in [-0.05, 0) is 12.5 Å². The second kappa shape index (κ2) is 5.09. The fourth-order valence-electron chi connectivity index (χ4n) is 1.48. The second-order valence-corrected chi connectivity index (χ2v) is 4.79. The summed E-state index contributed by atoms with van der Waals surface area (Å²) in [5.74, 6) is 0. The lowest BCUT2D eigenvalue weighted by molar-refractivity contribution is 1.09. The molecule has 84 valence electrons. The molecule has 2 rings (SSSR count). The average molecular weight is 233 g/mol. The van der Waals surface area contributed by atoms with Crippen LogP contribution in [0, 0.1) is 6.92 Å². The quantitative estimate of drug-likeness (QED) is 0.853. The minimum absolute atomic E-state index is 0.559. The van der Waals surface area contributed by atoms with Crippen LogP contribution in [0.4, 0.5) is 5.13 Å². The van der Waals surface area contributed by atoms with Crippen LogP contribution in [0.3, 0.4) is 0 Å². The van der Waals surface area contributed by atoms with Crippen molar-refractivity contribution in [2.24, 2.45) is 5.73 Å². The number of thiazole rings is 1. The van der Waals surface area contributed by atoms with Crippen LogP contribution in [0.25, 0.3) is 0 Å². The lowest BCUT2D eigenvalue weighted by Gasteiger charge is -2.03. The molecule has 0 spiro atoms. The Balaban J connectivity index is 1.96. The molecule has 0 unspecified atom stereocenters. The molecule has 1 aromatic heterocycles. The predicted octanol–water partition coefficient (Wildman–Crippen LogP) is 2.52. The lowest BCUT2D eigenvalue weighted by Crippen LogP contribution is -1.98. The van der Waals surface area contributed by atoms with Gasteiger partial charge in [-0.1, -0.05) is 29.8 Å². The van der Waals surface area contributed by atoms with E-state index in [1.54, 1.807) is 11.3 Å². The summed E-state index contributed by atoms with van der Waals surface area (Å²) >= 11 is 1.61. The minimum Gasteiger partial charge on any atom is -0.357 e. The summed E-state index contributed by atoms with van der Waals surface area (Å²) in [4.78, 5) is 5.36. The van der Waals surface area contributed by atoms with Gasteiger partial charge in [0.1, 0.15) is 0 Å². The van der Waals surface area contributed by atoms with Crippen LogP contribution in [0.2, 0.25) is 0 Å². The first-order valence-electron chi connectivity index (χ1n) is 5.22. The largest absolute Gasteiger partial charge is 0.357 e. The molecule has 0 fully saturated rings. The zero-order valence-electron chi connectivity index (χ0n) is 9.23. The molecule has 3 nitrogen and oxygen atoms in total. The van der Waals surface area contributed by atoms with Gasteiger partial charge in [-0.3, -0.25) is 0 Å². The summed E-state index contributed by atoms with van der Waals surface area (Å²) in [6.07, 6.45) is 1.82. The van der Waals surface area contributed by atoms with Crippen molar-refractivity contribution in [2.75, 3.05) is 5.32 Å². The number of hydrogen-bond donors (Lipinski definition) is 2. The molecule has 0 atom stereocenters. The Labute approximate surface area is 99.3 Å². The number of nitrogens with zero attached hydrogens (tertiary/aromatic N) is 1. The molecular weight excluding hydrogens is 218 g/mol. The van der Waals surface area contributed by atoms with Gasteiger partial charge >= 0.3 is 0 Å². The van der Waals surface area contributed by atoms with E-state index >= 15 is 0 Å². The van der Waals surface area contributed by atoms with E-state index in [4.69, 9.17) is 5.73 Å². The Morgan fingerprint density at radius 1 is 1.44 bits per heavy atom. The van der Waals surface area contributed by atoms with Crippen LogP contribution >= 0.6 is 11.3 Å². The van der Waals surface area contributed by atoms with Crippen molar-refractivity contribution in [3.05, 3.63) is 46.5 Å². The zero-order chi connectivity index (χ0) is 11.4. The van der Waals surface area contributed by atoms with Crippen molar-refractivity contribution in [1.82, 2.24) is 4.98 Å². The van der Waals surface area contributed by atoms with Gasteiger partial charge in [-0.25, -0.2) is 4.98 Å². The van der Waals surface area contributed by atoms with Gasteiger partial charge in [-0.2, -0.15) is 0 Å². The molecule has 3 N–H and O–H groups in total. The van der Waals surface area contributed by atoms with Crippen molar-refractivity contribution in [1.29, 1.82) is 0 Å². The Bertz CT molecular complexity index is 465. The SMILES string of the molecule is Cc1cccc(CNc2ncc(CN)s2)c1. The number of anilines is 1. The highest BCUT2D eigenvalue weighted by Gasteiger charge is 2.00. The summed E-state index contributed by atoms with van der Waals surface area (Å²) < 4.78 is 0. The van der Waals surface area contributed by atoms with E-state index in [1.807, 2.05) is 6.20 Å². The van der Waals surface area contributed by atoms with Crippen LogP contribution < -0.4 is 11.1 Å². The average Bonchev–Trinajstić information content (AvgIpc) is 2.74. The lowest BCUT2D eigenvalue weighted by atomic mass is 10.1. The molecule has 0 aliphatic heterocycles. The van der Waals surface area contributed by atoms with E-state index in [2.05, 4.69) is 41.5 Å². The molecule has 16 heavy (non-hydrogen) atoms. The number of rotatable bonds is 4. The number of nitrogens with one attached hydrogen (secondary N) is 1. The summed E-state index contributed by atoms with van der Waals surface area (Å²) in [7, 11) is 0. The van der Waals surface area contributed by atoms with E-state index in [1.165, 1.54) is 11.1 Å². The summed E-state index contributed by atoms with van der Waals surface area (Å²) in [6.45, 7) is 3.46. The third-order valence-electron chi connectivity index (χ3n) is 2.28. The van der Waals surface area contributed by atoms with Gasteiger partial charge in [-0.15, -0.1) is 11.3 Å². The standard InChI is InChI=1S/C12H15N3S/c1-9-3-2-4-10(5-9)7-14-12-15-8-11(6-13)16-12/h2-5,8H,6-7,13H2,1H3,(H,14,15). The third-order valence-corrected chi connectivity index (χ3v) is 3.26. The van der Waals surface area contributed by atoms with Gasteiger partial charge in [0.15, 0.2) is 5.13 Å². The van der Waals surface area contributed by atoms with Crippen LogP contribution in [-0.4, -0.2) is 4.98 Å². The Morgan fingerprint density at radius 3 is 3.00 bits per heavy atom. The van der Waals surface area contributed by atoms with Gasteiger partial charge in [0.25, 0.3) is 0 Å². The third kappa shape index (κ3) is 2.81. The topological polar surface area (TPSA) is 50.9 Å². The summed E-state index contributed by atoms with van der Waals surface area (Å²) in [6, 6.07) is 8.45. The number of nitrogens with two attached hydrogens (primary N) is 1. The van der Waals surface area contributed by atoms with E-state index in [0.29, 0.717) is 6.54 Å². The number of aromatic nitrogens is 1. The van der Waals surface area contributed by atoms with E-state index in [0.717, 1.165) is 16.6 Å². The van der Waals surface area contributed by atoms with Crippen molar-refractivity contribution < 1.29 is 0 Å². The van der Waals surface area contributed by atoms with Crippen molar-refractivity contribution in [2.45, 2.75) is 20.0 Å². The Morgan fingerprint density at radius 2 is 2.31 bits per heavy atom. The van der Waals surface area contributed by atoms with Crippen molar-refractivity contribution in [3.8, 4) is 0 Å². The highest BCUT2D eigenvalue weighted by molar-refractivity contribution is 7.15. The Hall–Kier alpha value is -1.39. The van der Waals surface area contributed by atoms with E-state index < -0.39 is 0 Å². The minimum atomic E-state index is 0.559. The maximum absolute atomic E-state index is 5.53. The Kier molecular flexibility index (Phi) is 3.54. The molecule has 0 aliphatic rings. The van der Waals surface area contributed by atoms with Crippen molar-refractivity contribution in [3.63, 3.8) is 0 Å². The molecule has 1 aromatic carbocycles. The fraction of sp³-hybridized carbons (Fsp3) is 0.250. The smallest absolute Gasteiger partial charge is 0.183 e. The predicted molar refractivity (Wildman–Crippen MR) is 68.5 cm³/mol. The number of aryl methyl sites for hydroxylation is 1. The molecule has 0 saturated carbocycles. The van der Waals surface area contributed by atoms with E-state index in [-0.39, 0.29) is 0 Å². The first-order valence-corrected chi connectivity index (χ1v) is 6.04. The van der Waals surface area contributed by atoms with Gasteiger partial charge in [0.05, 0.1) is 0 Å². The van der Waals surface area contributed by atoms with E-state index in [9.17, 15) is 0 Å². The fourth-order valence-corrected chi connectivity index (χ4v) is 2.17. The monoisotopic (exact) mass is 233 g/mol. The number of benzene rings is 1. The zero-order valence-corrected chi connectivity index (χ0v) is 10.1. The molecule has 0 aliphatic carbocycles. The van der Waals surface area contributed by atoms with Crippen LogP contribution in [-0.2, 0) is 13.1 Å². The molecule has 0 saturated heterocycles. The van der Waals surface area contributed by atoms with Crippen LogP contribution in [0.5, 0.6) is 0 Å². The first-order chi connectivity index (χ1) is 7.78. The summed E-state index contributed by atoms with van der Waals surface area (Å²) in [5.41, 5.74) is 8.08. The first kappa shape index (κ1) is 11.1. The highest BCUT2D eigenvalue weighted by Crippen LogP contribution is 2.18. The van der Waals surface area contributed by atoms with Crippen LogP contribution in [0.15, 0.2) is 30.5 Å².